The molecule has 28 heavy (non-hydrogen) atoms. The standard InChI is InChI=1S/C24H20N3O/c28-24(26-20-11-12-20)22-8-4-7-18-13-14-27(23(18)22)16-21-10-9-19(15-25-21)17-5-2-1-3-6-17/h1-11,13-15,20H,12,16H2,(H,26,28). The van der Waals surface area contributed by atoms with Crippen LogP contribution in [0.15, 0.2) is 79.1 Å². The summed E-state index contributed by atoms with van der Waals surface area (Å²) < 4.78 is 2.10. The zero-order valence-electron chi connectivity index (χ0n) is 15.4. The van der Waals surface area contributed by atoms with Gasteiger partial charge in [0.05, 0.1) is 23.3 Å². The number of aromatic nitrogens is 2. The van der Waals surface area contributed by atoms with Crippen LogP contribution in [-0.4, -0.2) is 21.5 Å². The first-order chi connectivity index (χ1) is 13.8. The van der Waals surface area contributed by atoms with E-state index in [1.807, 2.05) is 54.9 Å². The second-order valence-corrected chi connectivity index (χ2v) is 7.14. The Morgan fingerprint density at radius 1 is 1.00 bits per heavy atom. The van der Waals surface area contributed by atoms with Crippen molar-refractivity contribution < 1.29 is 4.79 Å². The van der Waals surface area contributed by atoms with Crippen LogP contribution in [0.3, 0.4) is 0 Å². The number of rotatable bonds is 5. The number of nitrogens with zero attached hydrogens (tertiary/aromatic N) is 2. The third kappa shape index (κ3) is 3.29. The summed E-state index contributed by atoms with van der Waals surface area (Å²) in [5.74, 6) is -0.0170. The minimum Gasteiger partial charge on any atom is -0.349 e. The Bertz CT molecular complexity index is 1130. The molecule has 1 radical (unpaired) electrons. The van der Waals surface area contributed by atoms with Gasteiger partial charge in [0.1, 0.15) is 0 Å². The van der Waals surface area contributed by atoms with Gasteiger partial charge in [0.25, 0.3) is 5.91 Å². The van der Waals surface area contributed by atoms with Crippen molar-refractivity contribution in [3.05, 3.63) is 96.8 Å². The predicted octanol–water partition coefficient (Wildman–Crippen LogP) is 4.46. The number of amides is 1. The number of fused-ring (bicyclic) bond motifs is 1. The first-order valence-corrected chi connectivity index (χ1v) is 9.50. The number of para-hydroxylation sites is 1. The molecule has 2 aromatic carbocycles. The lowest BCUT2D eigenvalue weighted by Crippen LogP contribution is -2.26. The Labute approximate surface area is 163 Å². The van der Waals surface area contributed by atoms with Gasteiger partial charge in [-0.25, -0.2) is 0 Å². The van der Waals surface area contributed by atoms with E-state index in [0.717, 1.165) is 34.1 Å². The van der Waals surface area contributed by atoms with Crippen LogP contribution >= 0.6 is 0 Å². The van der Waals surface area contributed by atoms with Crippen LogP contribution in [0, 0.1) is 6.42 Å². The van der Waals surface area contributed by atoms with Crippen molar-refractivity contribution >= 4 is 16.8 Å². The third-order valence-corrected chi connectivity index (χ3v) is 5.09. The highest BCUT2D eigenvalue weighted by Crippen LogP contribution is 2.24. The molecule has 0 spiro atoms. The molecule has 1 saturated carbocycles. The van der Waals surface area contributed by atoms with Gasteiger partial charge in [0.15, 0.2) is 0 Å². The van der Waals surface area contributed by atoms with Gasteiger partial charge in [-0.1, -0.05) is 48.5 Å². The average Bonchev–Trinajstić information content (AvgIpc) is 3.47. The Balaban J connectivity index is 1.44. The monoisotopic (exact) mass is 366 g/mol. The van der Waals surface area contributed by atoms with Crippen molar-refractivity contribution in [2.75, 3.05) is 0 Å². The van der Waals surface area contributed by atoms with Crippen molar-refractivity contribution in [2.24, 2.45) is 0 Å². The van der Waals surface area contributed by atoms with Gasteiger partial charge in [-0.15, -0.1) is 0 Å². The third-order valence-electron chi connectivity index (χ3n) is 5.09. The molecular formula is C24H20N3O. The Morgan fingerprint density at radius 3 is 2.61 bits per heavy atom. The molecule has 0 saturated heterocycles. The highest BCUT2D eigenvalue weighted by Gasteiger charge is 2.25. The number of carbonyl (C=O) groups excluding carboxylic acids is 1. The minimum atomic E-state index is -0.0170. The van der Waals surface area contributed by atoms with Crippen molar-refractivity contribution in [1.29, 1.82) is 0 Å². The van der Waals surface area contributed by atoms with Gasteiger partial charge in [-0.05, 0) is 36.6 Å². The first kappa shape index (κ1) is 16.8. The maximum Gasteiger partial charge on any atom is 0.253 e. The van der Waals surface area contributed by atoms with E-state index in [1.165, 1.54) is 0 Å². The Hall–Kier alpha value is -3.40. The van der Waals surface area contributed by atoms with Crippen LogP contribution in [-0.2, 0) is 6.54 Å². The summed E-state index contributed by atoms with van der Waals surface area (Å²) in [7, 11) is 0. The number of carbonyl (C=O) groups is 1. The number of pyridine rings is 1. The molecule has 1 N–H and O–H groups in total. The highest BCUT2D eigenvalue weighted by atomic mass is 16.1. The van der Waals surface area contributed by atoms with Gasteiger partial charge in [0.2, 0.25) is 0 Å². The van der Waals surface area contributed by atoms with Crippen LogP contribution in [0.5, 0.6) is 0 Å². The van der Waals surface area contributed by atoms with Crippen LogP contribution in [0.2, 0.25) is 0 Å². The lowest BCUT2D eigenvalue weighted by Gasteiger charge is -2.10. The maximum absolute atomic E-state index is 12.7. The molecule has 4 aromatic rings. The molecule has 0 bridgehead atoms. The second-order valence-electron chi connectivity index (χ2n) is 7.14. The topological polar surface area (TPSA) is 46.9 Å². The lowest BCUT2D eigenvalue weighted by atomic mass is 10.1. The molecule has 2 aromatic heterocycles. The molecule has 4 nitrogen and oxygen atoms in total. The molecule has 1 fully saturated rings. The summed E-state index contributed by atoms with van der Waals surface area (Å²) in [5.41, 5.74) is 4.88. The van der Waals surface area contributed by atoms with E-state index in [9.17, 15) is 4.79 Å². The fraction of sp³-hybridized carbons (Fsp3) is 0.125. The van der Waals surface area contributed by atoms with Crippen molar-refractivity contribution in [3.63, 3.8) is 0 Å². The summed E-state index contributed by atoms with van der Waals surface area (Å²) in [4.78, 5) is 17.3. The van der Waals surface area contributed by atoms with E-state index in [-0.39, 0.29) is 11.9 Å². The van der Waals surface area contributed by atoms with Crippen molar-refractivity contribution in [3.8, 4) is 11.1 Å². The number of hydrogen-bond donors (Lipinski definition) is 1. The summed E-state index contributed by atoms with van der Waals surface area (Å²) in [6.07, 6.45) is 6.99. The van der Waals surface area contributed by atoms with Crippen LogP contribution in [0.25, 0.3) is 22.0 Å². The summed E-state index contributed by atoms with van der Waals surface area (Å²) in [5, 5.41) is 4.11. The van der Waals surface area contributed by atoms with Gasteiger partial charge >= 0.3 is 0 Å². The Kier molecular flexibility index (Phi) is 4.17. The summed E-state index contributed by atoms with van der Waals surface area (Å²) in [6.45, 7) is 0.623. The van der Waals surface area contributed by atoms with Crippen LogP contribution in [0.4, 0.5) is 0 Å². The van der Waals surface area contributed by atoms with E-state index in [0.29, 0.717) is 12.1 Å². The average molecular weight is 366 g/mol. The van der Waals surface area contributed by atoms with E-state index in [2.05, 4.69) is 45.6 Å². The number of hydrogen-bond acceptors (Lipinski definition) is 2. The molecular weight excluding hydrogens is 346 g/mol. The molecule has 1 unspecified atom stereocenters. The fourth-order valence-corrected chi connectivity index (χ4v) is 3.50. The fourth-order valence-electron chi connectivity index (χ4n) is 3.50. The smallest absolute Gasteiger partial charge is 0.253 e. The molecule has 5 rings (SSSR count). The van der Waals surface area contributed by atoms with Crippen molar-refractivity contribution in [1.82, 2.24) is 14.9 Å². The maximum atomic E-state index is 12.7. The Morgan fingerprint density at radius 2 is 1.86 bits per heavy atom. The molecule has 4 heteroatoms. The van der Waals surface area contributed by atoms with Crippen LogP contribution in [0.1, 0.15) is 22.5 Å². The van der Waals surface area contributed by atoms with E-state index in [1.54, 1.807) is 0 Å². The zero-order chi connectivity index (χ0) is 18.9. The number of nitrogens with one attached hydrogen (secondary N) is 1. The largest absolute Gasteiger partial charge is 0.349 e. The molecule has 0 aliphatic heterocycles. The van der Waals surface area contributed by atoms with Gasteiger partial charge in [0, 0.05) is 29.4 Å². The first-order valence-electron chi connectivity index (χ1n) is 9.50. The number of benzene rings is 2. The molecule has 1 aliphatic carbocycles. The molecule has 1 atom stereocenters. The highest BCUT2D eigenvalue weighted by molar-refractivity contribution is 6.06. The molecule has 137 valence electrons. The SMILES string of the molecule is O=C(NC1[CH]C1)c1cccc2ccn(Cc3ccc(-c4ccccc4)cn3)c12. The zero-order valence-corrected chi connectivity index (χ0v) is 15.4. The van der Waals surface area contributed by atoms with Crippen molar-refractivity contribution in [2.45, 2.75) is 19.0 Å². The minimum absolute atomic E-state index is 0.0170. The van der Waals surface area contributed by atoms with Gasteiger partial charge in [-0.3, -0.25) is 9.78 Å². The van der Waals surface area contributed by atoms with Gasteiger partial charge < -0.3 is 9.88 Å². The van der Waals surface area contributed by atoms with E-state index < -0.39 is 0 Å². The van der Waals surface area contributed by atoms with E-state index in [4.69, 9.17) is 0 Å². The van der Waals surface area contributed by atoms with Crippen LogP contribution < -0.4 is 5.32 Å². The summed E-state index contributed by atoms with van der Waals surface area (Å²) >= 11 is 0. The molecule has 2 heterocycles. The van der Waals surface area contributed by atoms with E-state index >= 15 is 0 Å². The second kappa shape index (κ2) is 6.97. The summed E-state index contributed by atoms with van der Waals surface area (Å²) in [6, 6.07) is 22.5. The van der Waals surface area contributed by atoms with Gasteiger partial charge in [-0.2, -0.15) is 0 Å². The molecule has 1 aliphatic rings. The quantitative estimate of drug-likeness (QED) is 0.567. The predicted molar refractivity (Wildman–Crippen MR) is 111 cm³/mol. The molecule has 1 amide bonds. The normalized spacial score (nSPS) is 13.6. The lowest BCUT2D eigenvalue weighted by molar-refractivity contribution is 0.0953.